The molecule has 0 bridgehead atoms. The van der Waals surface area contributed by atoms with Gasteiger partial charge in [0.25, 0.3) is 0 Å². The fourth-order valence-electron chi connectivity index (χ4n) is 2.77. The summed E-state index contributed by atoms with van der Waals surface area (Å²) in [6, 6.07) is 8.37. The monoisotopic (exact) mass is 354 g/mol. The maximum Gasteiger partial charge on any atom is 0.230 e. The van der Waals surface area contributed by atoms with Gasteiger partial charge in [0.05, 0.1) is 17.8 Å². The molecular formula is C19H22N4OS. The summed E-state index contributed by atoms with van der Waals surface area (Å²) in [5.41, 5.74) is 6.14. The number of nitrogens with zero attached hydrogens (tertiary/aromatic N) is 3. The maximum atomic E-state index is 12.3. The van der Waals surface area contributed by atoms with E-state index in [0.717, 1.165) is 34.6 Å². The van der Waals surface area contributed by atoms with Crippen molar-refractivity contribution >= 4 is 22.4 Å². The number of amides is 1. The number of carbonyl (C=O) groups excluding carboxylic acids is 1. The van der Waals surface area contributed by atoms with E-state index in [1.54, 1.807) is 4.68 Å². The highest BCUT2D eigenvalue weighted by atomic mass is 32.1. The number of aryl methyl sites for hydroxylation is 3. The lowest BCUT2D eigenvalue weighted by atomic mass is 10.1. The van der Waals surface area contributed by atoms with Crippen molar-refractivity contribution in [2.24, 2.45) is 7.05 Å². The molecule has 1 aromatic carbocycles. The fourth-order valence-corrected chi connectivity index (χ4v) is 3.51. The molecule has 2 heterocycles. The summed E-state index contributed by atoms with van der Waals surface area (Å²) in [4.78, 5) is 16.9. The average molecular weight is 354 g/mol. The number of hydrogen-bond acceptors (Lipinski definition) is 4. The second-order valence-corrected chi connectivity index (χ2v) is 6.94. The van der Waals surface area contributed by atoms with Crippen molar-refractivity contribution in [1.82, 2.24) is 14.8 Å². The third kappa shape index (κ3) is 3.79. The first-order chi connectivity index (χ1) is 12.0. The van der Waals surface area contributed by atoms with Gasteiger partial charge in [-0.1, -0.05) is 31.2 Å². The van der Waals surface area contributed by atoms with E-state index in [9.17, 15) is 4.79 Å². The van der Waals surface area contributed by atoms with E-state index in [0.29, 0.717) is 11.6 Å². The lowest BCUT2D eigenvalue weighted by Gasteiger charge is -2.03. The summed E-state index contributed by atoms with van der Waals surface area (Å²) >= 11 is 1.44. The van der Waals surface area contributed by atoms with Crippen LogP contribution in [0.15, 0.2) is 29.6 Å². The normalized spacial score (nSPS) is 10.9. The minimum absolute atomic E-state index is 0.0681. The third-order valence-corrected chi connectivity index (χ3v) is 5.16. The number of thiazole rings is 1. The number of rotatable bonds is 5. The van der Waals surface area contributed by atoms with Crippen LogP contribution in [0.1, 0.15) is 29.4 Å². The summed E-state index contributed by atoms with van der Waals surface area (Å²) in [5, 5.41) is 9.84. The predicted octanol–water partition coefficient (Wildman–Crippen LogP) is 3.90. The zero-order valence-corrected chi connectivity index (χ0v) is 15.8. The van der Waals surface area contributed by atoms with Crippen LogP contribution in [0.5, 0.6) is 0 Å². The Kier molecular flexibility index (Phi) is 4.99. The van der Waals surface area contributed by atoms with Crippen LogP contribution in [0.2, 0.25) is 0 Å². The molecule has 1 amide bonds. The minimum atomic E-state index is -0.0681. The van der Waals surface area contributed by atoms with E-state index in [2.05, 4.69) is 46.6 Å². The van der Waals surface area contributed by atoms with Gasteiger partial charge in [-0.2, -0.15) is 5.10 Å². The molecule has 0 unspecified atom stereocenters. The van der Waals surface area contributed by atoms with Crippen LogP contribution in [0.25, 0.3) is 11.3 Å². The third-order valence-electron chi connectivity index (χ3n) is 4.40. The largest absolute Gasteiger partial charge is 0.302 e. The van der Waals surface area contributed by atoms with E-state index in [1.807, 2.05) is 26.3 Å². The fraction of sp³-hybridized carbons (Fsp3) is 0.316. The first-order valence-electron chi connectivity index (χ1n) is 8.31. The number of hydrogen-bond donors (Lipinski definition) is 1. The molecule has 0 atom stereocenters. The lowest BCUT2D eigenvalue weighted by Crippen LogP contribution is -2.15. The van der Waals surface area contributed by atoms with Gasteiger partial charge in [-0.25, -0.2) is 4.98 Å². The molecule has 0 aliphatic heterocycles. The molecule has 2 aromatic heterocycles. The van der Waals surface area contributed by atoms with Gasteiger partial charge in [0.2, 0.25) is 5.91 Å². The Morgan fingerprint density at radius 3 is 2.56 bits per heavy atom. The van der Waals surface area contributed by atoms with Crippen LogP contribution in [-0.4, -0.2) is 20.7 Å². The van der Waals surface area contributed by atoms with Crippen molar-refractivity contribution in [3.63, 3.8) is 0 Å². The van der Waals surface area contributed by atoms with E-state index in [1.165, 1.54) is 16.9 Å². The van der Waals surface area contributed by atoms with Crippen LogP contribution in [0.4, 0.5) is 5.13 Å². The van der Waals surface area contributed by atoms with Gasteiger partial charge in [0, 0.05) is 29.2 Å². The van der Waals surface area contributed by atoms with Crippen LogP contribution in [-0.2, 0) is 24.7 Å². The first-order valence-corrected chi connectivity index (χ1v) is 9.19. The first kappa shape index (κ1) is 17.4. The molecule has 3 rings (SSSR count). The second-order valence-electron chi connectivity index (χ2n) is 6.09. The van der Waals surface area contributed by atoms with E-state index in [-0.39, 0.29) is 5.91 Å². The minimum Gasteiger partial charge on any atom is -0.302 e. The van der Waals surface area contributed by atoms with Crippen molar-refractivity contribution in [2.75, 3.05) is 5.32 Å². The molecule has 0 spiro atoms. The number of aromatic nitrogens is 3. The van der Waals surface area contributed by atoms with E-state index >= 15 is 0 Å². The highest BCUT2D eigenvalue weighted by molar-refractivity contribution is 7.14. The summed E-state index contributed by atoms with van der Waals surface area (Å²) in [6.07, 6.45) is 1.33. The van der Waals surface area contributed by atoms with Gasteiger partial charge in [-0.05, 0) is 25.8 Å². The number of benzene rings is 1. The SMILES string of the molecule is CCc1ccc(-c2csc(NC(=O)Cc3c(C)nn(C)c3C)n2)cc1. The molecule has 0 saturated heterocycles. The molecule has 5 nitrogen and oxygen atoms in total. The zero-order valence-electron chi connectivity index (χ0n) is 15.0. The molecule has 6 heteroatoms. The van der Waals surface area contributed by atoms with E-state index < -0.39 is 0 Å². The molecule has 130 valence electrons. The van der Waals surface area contributed by atoms with Crippen LogP contribution in [0, 0.1) is 13.8 Å². The van der Waals surface area contributed by atoms with Gasteiger partial charge in [-0.3, -0.25) is 9.48 Å². The highest BCUT2D eigenvalue weighted by Gasteiger charge is 2.15. The Labute approximate surface area is 151 Å². The zero-order chi connectivity index (χ0) is 18.0. The summed E-state index contributed by atoms with van der Waals surface area (Å²) in [5.74, 6) is -0.0681. The van der Waals surface area contributed by atoms with Crippen molar-refractivity contribution in [3.8, 4) is 11.3 Å². The summed E-state index contributed by atoms with van der Waals surface area (Å²) in [7, 11) is 1.89. The highest BCUT2D eigenvalue weighted by Crippen LogP contribution is 2.25. The topological polar surface area (TPSA) is 59.8 Å². The second kappa shape index (κ2) is 7.19. The standard InChI is InChI=1S/C19H22N4OS/c1-5-14-6-8-15(9-7-14)17-11-25-19(20-17)21-18(24)10-16-12(2)22-23(4)13(16)3/h6-9,11H,5,10H2,1-4H3,(H,20,21,24). The lowest BCUT2D eigenvalue weighted by molar-refractivity contribution is -0.115. The van der Waals surface area contributed by atoms with Crippen molar-refractivity contribution < 1.29 is 4.79 Å². The van der Waals surface area contributed by atoms with Crippen LogP contribution < -0.4 is 5.32 Å². The quantitative estimate of drug-likeness (QED) is 0.756. The molecule has 0 fully saturated rings. The number of carbonyl (C=O) groups is 1. The molecule has 1 N–H and O–H groups in total. The summed E-state index contributed by atoms with van der Waals surface area (Å²) in [6.45, 7) is 6.04. The van der Waals surface area contributed by atoms with E-state index in [4.69, 9.17) is 0 Å². The smallest absolute Gasteiger partial charge is 0.230 e. The van der Waals surface area contributed by atoms with Crippen molar-refractivity contribution in [1.29, 1.82) is 0 Å². The molecule has 25 heavy (non-hydrogen) atoms. The van der Waals surface area contributed by atoms with Gasteiger partial charge in [-0.15, -0.1) is 11.3 Å². The maximum absolute atomic E-state index is 12.3. The molecule has 0 saturated carbocycles. The van der Waals surface area contributed by atoms with Gasteiger partial charge < -0.3 is 5.32 Å². The number of anilines is 1. The molecule has 0 aliphatic rings. The average Bonchev–Trinajstić information content (AvgIpc) is 3.15. The Morgan fingerprint density at radius 1 is 1.24 bits per heavy atom. The molecule has 0 aliphatic carbocycles. The number of nitrogens with one attached hydrogen (secondary N) is 1. The Balaban J connectivity index is 1.69. The van der Waals surface area contributed by atoms with Crippen molar-refractivity contribution in [3.05, 3.63) is 52.2 Å². The van der Waals surface area contributed by atoms with Crippen molar-refractivity contribution in [2.45, 2.75) is 33.6 Å². The van der Waals surface area contributed by atoms with Gasteiger partial charge in [0.15, 0.2) is 5.13 Å². The molecule has 0 radical (unpaired) electrons. The Bertz CT molecular complexity index is 893. The predicted molar refractivity (Wildman–Crippen MR) is 102 cm³/mol. The summed E-state index contributed by atoms with van der Waals surface area (Å²) < 4.78 is 1.80. The van der Waals surface area contributed by atoms with Gasteiger partial charge >= 0.3 is 0 Å². The Morgan fingerprint density at radius 2 is 1.96 bits per heavy atom. The Hall–Kier alpha value is -2.47. The van der Waals surface area contributed by atoms with Crippen LogP contribution in [0.3, 0.4) is 0 Å². The molecule has 3 aromatic rings. The molecular weight excluding hydrogens is 332 g/mol. The van der Waals surface area contributed by atoms with Crippen LogP contribution >= 0.6 is 11.3 Å². The van der Waals surface area contributed by atoms with Gasteiger partial charge in [0.1, 0.15) is 0 Å².